The number of carbonyl (C=O) groups excluding carboxylic acids is 2. The summed E-state index contributed by atoms with van der Waals surface area (Å²) in [5, 5.41) is 11.7. The van der Waals surface area contributed by atoms with Gasteiger partial charge < -0.3 is 15.5 Å². The van der Waals surface area contributed by atoms with Gasteiger partial charge in [0.25, 0.3) is 0 Å². The zero-order chi connectivity index (χ0) is 18.2. The molecular weight excluding hydrogens is 342 g/mol. The van der Waals surface area contributed by atoms with Crippen molar-refractivity contribution in [1.82, 2.24) is 20.1 Å². The summed E-state index contributed by atoms with van der Waals surface area (Å²) in [6.45, 7) is 4.39. The van der Waals surface area contributed by atoms with Crippen LogP contribution in [0.2, 0.25) is 0 Å². The van der Waals surface area contributed by atoms with Gasteiger partial charge in [-0.3, -0.25) is 14.2 Å². The molecule has 25 heavy (non-hydrogen) atoms. The van der Waals surface area contributed by atoms with E-state index < -0.39 is 5.91 Å². The molecule has 2 rings (SSSR count). The zero-order valence-electron chi connectivity index (χ0n) is 14.4. The minimum atomic E-state index is -0.416. The van der Waals surface area contributed by atoms with E-state index in [1.807, 2.05) is 6.92 Å². The Bertz CT molecular complexity index is 699. The first kappa shape index (κ1) is 19.0. The van der Waals surface area contributed by atoms with Crippen LogP contribution in [0.25, 0.3) is 11.6 Å². The summed E-state index contributed by atoms with van der Waals surface area (Å²) >= 11 is 1.27. The molecule has 0 saturated carbocycles. The summed E-state index contributed by atoms with van der Waals surface area (Å²) in [6, 6.07) is 3.65. The Balaban J connectivity index is 2.06. The lowest BCUT2D eigenvalue weighted by atomic mass is 10.2. The molecule has 0 radical (unpaired) electrons. The van der Waals surface area contributed by atoms with Gasteiger partial charge in [-0.15, -0.1) is 10.2 Å². The monoisotopic (exact) mass is 365 g/mol. The molecule has 136 valence electrons. The predicted molar refractivity (Wildman–Crippen MR) is 94.8 cm³/mol. The summed E-state index contributed by atoms with van der Waals surface area (Å²) < 4.78 is 7.10. The molecule has 1 atom stereocenters. The van der Waals surface area contributed by atoms with Crippen molar-refractivity contribution >= 4 is 23.6 Å². The van der Waals surface area contributed by atoms with E-state index in [4.69, 9.17) is 10.2 Å². The first-order chi connectivity index (χ1) is 12.0. The molecule has 0 fully saturated rings. The number of aromatic nitrogens is 3. The predicted octanol–water partition coefficient (Wildman–Crippen LogP) is 1.81. The molecule has 3 N–H and O–H groups in total. The fraction of sp³-hybridized carbons (Fsp3) is 0.500. The van der Waals surface area contributed by atoms with Crippen molar-refractivity contribution in [3.05, 3.63) is 18.4 Å². The molecule has 0 aliphatic rings. The first-order valence-corrected chi connectivity index (χ1v) is 9.17. The smallest absolute Gasteiger partial charge is 0.230 e. The van der Waals surface area contributed by atoms with Gasteiger partial charge in [0.2, 0.25) is 11.8 Å². The Labute approximate surface area is 150 Å². The molecule has 0 bridgehead atoms. The topological polar surface area (TPSA) is 116 Å². The molecule has 0 unspecified atom stereocenters. The van der Waals surface area contributed by atoms with Crippen LogP contribution in [0.1, 0.15) is 33.1 Å². The van der Waals surface area contributed by atoms with Crippen molar-refractivity contribution in [1.29, 1.82) is 0 Å². The third-order valence-electron chi connectivity index (χ3n) is 3.50. The second-order valence-electron chi connectivity index (χ2n) is 5.70. The van der Waals surface area contributed by atoms with E-state index in [-0.39, 0.29) is 24.1 Å². The molecule has 0 aliphatic carbocycles. The first-order valence-electron chi connectivity index (χ1n) is 8.18. The van der Waals surface area contributed by atoms with Crippen LogP contribution >= 0.6 is 11.8 Å². The second kappa shape index (κ2) is 9.26. The van der Waals surface area contributed by atoms with Gasteiger partial charge in [-0.1, -0.05) is 25.1 Å². The van der Waals surface area contributed by atoms with Crippen LogP contribution in [-0.2, 0) is 16.1 Å². The van der Waals surface area contributed by atoms with Crippen LogP contribution in [0, 0.1) is 0 Å². The molecule has 2 heterocycles. The number of nitrogens with zero attached hydrogens (tertiary/aromatic N) is 3. The van der Waals surface area contributed by atoms with E-state index in [1.165, 1.54) is 18.0 Å². The number of carbonyl (C=O) groups is 2. The molecular formula is C16H23N5O3S. The van der Waals surface area contributed by atoms with Crippen LogP contribution in [0.15, 0.2) is 28.0 Å². The van der Waals surface area contributed by atoms with E-state index in [9.17, 15) is 9.59 Å². The Morgan fingerprint density at radius 1 is 1.44 bits per heavy atom. The highest BCUT2D eigenvalue weighted by molar-refractivity contribution is 7.99. The van der Waals surface area contributed by atoms with Crippen LogP contribution in [0.3, 0.4) is 0 Å². The van der Waals surface area contributed by atoms with E-state index in [2.05, 4.69) is 22.4 Å². The molecule has 0 spiro atoms. The van der Waals surface area contributed by atoms with Gasteiger partial charge >= 0.3 is 0 Å². The molecule has 2 amide bonds. The highest BCUT2D eigenvalue weighted by Gasteiger charge is 2.18. The van der Waals surface area contributed by atoms with E-state index in [0.29, 0.717) is 23.3 Å². The van der Waals surface area contributed by atoms with Gasteiger partial charge in [0.1, 0.15) is 0 Å². The second-order valence-corrected chi connectivity index (χ2v) is 6.64. The van der Waals surface area contributed by atoms with Gasteiger partial charge in [-0.25, -0.2) is 0 Å². The molecule has 0 aromatic carbocycles. The van der Waals surface area contributed by atoms with Gasteiger partial charge in [0.05, 0.1) is 12.0 Å². The number of furan rings is 1. The summed E-state index contributed by atoms with van der Waals surface area (Å²) in [4.78, 5) is 23.2. The van der Waals surface area contributed by atoms with E-state index >= 15 is 0 Å². The minimum absolute atomic E-state index is 0.0602. The van der Waals surface area contributed by atoms with Gasteiger partial charge in [0, 0.05) is 19.0 Å². The average Bonchev–Trinajstić information content (AvgIpc) is 3.20. The van der Waals surface area contributed by atoms with Crippen LogP contribution in [0.4, 0.5) is 0 Å². The maximum Gasteiger partial charge on any atom is 0.230 e. The quantitative estimate of drug-likeness (QED) is 0.620. The fourth-order valence-corrected chi connectivity index (χ4v) is 3.13. The lowest BCUT2D eigenvalue weighted by Crippen LogP contribution is -2.33. The SMILES string of the molecule is CCC[C@@H](C)NC(=O)CSc1nnc(-c2ccco2)n1CCC(N)=O. The Kier molecular flexibility index (Phi) is 7.05. The van der Waals surface area contributed by atoms with E-state index in [1.54, 1.807) is 16.7 Å². The van der Waals surface area contributed by atoms with Gasteiger partial charge in [-0.05, 0) is 25.5 Å². The molecule has 9 heteroatoms. The number of nitrogens with two attached hydrogens (primary N) is 1. The van der Waals surface area contributed by atoms with Crippen molar-refractivity contribution in [2.24, 2.45) is 5.73 Å². The summed E-state index contributed by atoms with van der Waals surface area (Å²) in [7, 11) is 0. The fourth-order valence-electron chi connectivity index (χ4n) is 2.36. The maximum absolute atomic E-state index is 12.0. The zero-order valence-corrected chi connectivity index (χ0v) is 15.2. The third kappa shape index (κ3) is 5.63. The largest absolute Gasteiger partial charge is 0.461 e. The maximum atomic E-state index is 12.0. The van der Waals surface area contributed by atoms with Crippen molar-refractivity contribution in [2.75, 3.05) is 5.75 Å². The number of hydrogen-bond donors (Lipinski definition) is 2. The van der Waals surface area contributed by atoms with Crippen molar-refractivity contribution in [3.8, 4) is 11.6 Å². The molecule has 0 aliphatic heterocycles. The number of primary amides is 1. The number of hydrogen-bond acceptors (Lipinski definition) is 6. The molecule has 2 aromatic heterocycles. The van der Waals surface area contributed by atoms with Crippen molar-refractivity contribution in [2.45, 2.75) is 50.9 Å². The normalized spacial score (nSPS) is 12.1. The number of amides is 2. The van der Waals surface area contributed by atoms with Crippen molar-refractivity contribution < 1.29 is 14.0 Å². The highest BCUT2D eigenvalue weighted by atomic mass is 32.2. The Morgan fingerprint density at radius 2 is 2.24 bits per heavy atom. The Hall–Kier alpha value is -2.29. The highest BCUT2D eigenvalue weighted by Crippen LogP contribution is 2.24. The van der Waals surface area contributed by atoms with Crippen LogP contribution < -0.4 is 11.1 Å². The lowest BCUT2D eigenvalue weighted by molar-refractivity contribution is -0.119. The molecule has 8 nitrogen and oxygen atoms in total. The van der Waals surface area contributed by atoms with Gasteiger partial charge in [0.15, 0.2) is 16.7 Å². The molecule has 2 aromatic rings. The van der Waals surface area contributed by atoms with Crippen LogP contribution in [0.5, 0.6) is 0 Å². The standard InChI is InChI=1S/C16H23N5O3S/c1-3-5-11(2)18-14(23)10-25-16-20-19-15(12-6-4-9-24-12)21(16)8-7-13(17)22/h4,6,9,11H,3,5,7-8,10H2,1-2H3,(H2,17,22)(H,18,23)/t11-/m1/s1. The molecule has 0 saturated heterocycles. The van der Waals surface area contributed by atoms with E-state index in [0.717, 1.165) is 12.8 Å². The van der Waals surface area contributed by atoms with Crippen LogP contribution in [-0.4, -0.2) is 38.4 Å². The minimum Gasteiger partial charge on any atom is -0.461 e. The van der Waals surface area contributed by atoms with Gasteiger partial charge in [-0.2, -0.15) is 0 Å². The summed E-state index contributed by atoms with van der Waals surface area (Å²) in [5.41, 5.74) is 5.25. The summed E-state index contributed by atoms with van der Waals surface area (Å²) in [5.74, 6) is 0.801. The number of rotatable bonds is 10. The Morgan fingerprint density at radius 3 is 2.88 bits per heavy atom. The lowest BCUT2D eigenvalue weighted by Gasteiger charge is -2.12. The number of nitrogens with one attached hydrogen (secondary N) is 1. The van der Waals surface area contributed by atoms with Crippen molar-refractivity contribution in [3.63, 3.8) is 0 Å². The third-order valence-corrected chi connectivity index (χ3v) is 4.47. The number of thioether (sulfide) groups is 1. The summed E-state index contributed by atoms with van der Waals surface area (Å²) in [6.07, 6.45) is 3.65. The average molecular weight is 365 g/mol.